The number of rotatable bonds is 51. The van der Waals surface area contributed by atoms with Crippen molar-refractivity contribution in [3.63, 3.8) is 0 Å². The molecule has 0 bridgehead atoms. The van der Waals surface area contributed by atoms with Crippen LogP contribution in [0.25, 0.3) is 0 Å². The van der Waals surface area contributed by atoms with E-state index >= 15 is 0 Å². The fraction of sp³-hybridized carbons (Fsp3) is 0.952. The molecule has 0 spiro atoms. The first-order valence-corrected chi connectivity index (χ1v) is 31.1. The second-order valence-electron chi connectivity index (χ2n) is 23.7. The molecule has 1 unspecified atom stereocenters. The van der Waals surface area contributed by atoms with Gasteiger partial charge in [-0.2, -0.15) is 0 Å². The molecule has 1 rings (SSSR count). The van der Waals surface area contributed by atoms with Crippen molar-refractivity contribution in [2.75, 3.05) is 19.8 Å². The summed E-state index contributed by atoms with van der Waals surface area (Å²) in [6, 6.07) is 0. The molecule has 0 heterocycles. The highest BCUT2D eigenvalue weighted by Crippen LogP contribution is 2.42. The van der Waals surface area contributed by atoms with Gasteiger partial charge in [0.1, 0.15) is 0 Å². The zero-order valence-electron chi connectivity index (χ0n) is 47.4. The van der Waals surface area contributed by atoms with E-state index in [-0.39, 0.29) is 12.4 Å². The Morgan fingerprint density at radius 2 is 0.580 bits per heavy atom. The fourth-order valence-electron chi connectivity index (χ4n) is 10.6. The van der Waals surface area contributed by atoms with Crippen molar-refractivity contribution in [2.45, 2.75) is 337 Å². The highest BCUT2D eigenvalue weighted by atomic mass is 16.6. The van der Waals surface area contributed by atoms with E-state index in [9.17, 15) is 14.4 Å². The molecule has 1 aliphatic rings. The Morgan fingerprint density at radius 1 is 0.348 bits per heavy atom. The van der Waals surface area contributed by atoms with Gasteiger partial charge in [0.2, 0.25) is 0 Å². The number of hydrogen-bond donors (Lipinski definition) is 0. The molecule has 0 aromatic rings. The topological polar surface area (TPSA) is 78.9 Å². The van der Waals surface area contributed by atoms with Crippen molar-refractivity contribution < 1.29 is 28.6 Å². The van der Waals surface area contributed by atoms with Gasteiger partial charge in [0, 0.05) is 0 Å². The first-order chi connectivity index (χ1) is 33.6. The Kier molecular flexibility index (Phi) is 45.0. The lowest BCUT2D eigenvalue weighted by atomic mass is 9.69. The Hall–Kier alpha value is -1.59. The molecule has 69 heavy (non-hydrogen) atoms. The van der Waals surface area contributed by atoms with Gasteiger partial charge in [0.05, 0.1) is 25.7 Å². The van der Waals surface area contributed by atoms with Gasteiger partial charge in [-0.15, -0.1) is 0 Å². The van der Waals surface area contributed by atoms with Gasteiger partial charge < -0.3 is 14.2 Å². The quantitative estimate of drug-likeness (QED) is 0.0262. The third-order valence-electron chi connectivity index (χ3n) is 15.4. The van der Waals surface area contributed by atoms with Crippen LogP contribution in [0.5, 0.6) is 0 Å². The van der Waals surface area contributed by atoms with Gasteiger partial charge in [0.25, 0.3) is 0 Å². The SMILES string of the molecule is CC(C)CCCCCCCCCCCCCCCOC(=O)C1CCCC(C(=O)OCCCCCCCCCCCCCCCC(C)C)(C(=O)OCCCCCCCCCCCCCCCC(C)C)C1. The lowest BCUT2D eigenvalue weighted by Crippen LogP contribution is -2.47. The van der Waals surface area contributed by atoms with Crippen LogP contribution in [0, 0.1) is 29.1 Å². The van der Waals surface area contributed by atoms with Crippen molar-refractivity contribution in [3.05, 3.63) is 0 Å². The highest BCUT2D eigenvalue weighted by Gasteiger charge is 2.53. The third kappa shape index (κ3) is 39.6. The van der Waals surface area contributed by atoms with E-state index in [0.717, 1.165) is 69.1 Å². The summed E-state index contributed by atoms with van der Waals surface area (Å²) in [4.78, 5) is 41.3. The van der Waals surface area contributed by atoms with Crippen LogP contribution < -0.4 is 0 Å². The zero-order valence-corrected chi connectivity index (χ0v) is 47.4. The van der Waals surface area contributed by atoms with E-state index in [1.165, 1.54) is 218 Å². The fourth-order valence-corrected chi connectivity index (χ4v) is 10.6. The molecule has 0 amide bonds. The Morgan fingerprint density at radius 3 is 0.841 bits per heavy atom. The first kappa shape index (κ1) is 65.4. The maximum absolute atomic E-state index is 13.9. The van der Waals surface area contributed by atoms with Crippen LogP contribution in [-0.2, 0) is 28.6 Å². The Balaban J connectivity index is 2.42. The minimum atomic E-state index is -1.42. The van der Waals surface area contributed by atoms with Crippen LogP contribution in [-0.4, -0.2) is 37.7 Å². The monoisotopic (exact) mass is 973 g/mol. The standard InChI is InChI=1S/C63H120O6/c1-56(2)47-40-34-28-22-16-10-7-13-19-25-31-37-43-52-67-60(64)59-50-46-51-63(55-59,61(65)68-53-44-38-32-26-20-14-8-11-17-23-29-35-41-48-57(3)4)62(66)69-54-45-39-33-27-21-15-9-12-18-24-30-36-42-49-58(5)6/h56-59H,7-55H2,1-6H3. The Labute approximate surface area is 430 Å². The van der Waals surface area contributed by atoms with Gasteiger partial charge in [-0.25, -0.2) is 0 Å². The van der Waals surface area contributed by atoms with E-state index in [4.69, 9.17) is 14.2 Å². The van der Waals surface area contributed by atoms with Gasteiger partial charge in [0.15, 0.2) is 5.41 Å². The molecular formula is C63H120O6. The molecule has 0 saturated heterocycles. The molecule has 1 aliphatic carbocycles. The number of carbonyl (C=O) groups excluding carboxylic acids is 3. The summed E-state index contributed by atoms with van der Waals surface area (Å²) in [7, 11) is 0. The zero-order chi connectivity index (χ0) is 50.3. The number of esters is 3. The average Bonchev–Trinajstić information content (AvgIpc) is 3.32. The molecule has 0 aromatic heterocycles. The van der Waals surface area contributed by atoms with Crippen molar-refractivity contribution >= 4 is 17.9 Å². The highest BCUT2D eigenvalue weighted by molar-refractivity contribution is 6.00. The third-order valence-corrected chi connectivity index (χ3v) is 15.4. The molecule has 1 fully saturated rings. The summed E-state index contributed by atoms with van der Waals surface area (Å²) in [5.41, 5.74) is -1.42. The van der Waals surface area contributed by atoms with E-state index in [2.05, 4.69) is 41.5 Å². The molecule has 0 aromatic carbocycles. The summed E-state index contributed by atoms with van der Waals surface area (Å²) < 4.78 is 17.6. The van der Waals surface area contributed by atoms with E-state index in [1.54, 1.807) is 0 Å². The van der Waals surface area contributed by atoms with Crippen LogP contribution in [0.3, 0.4) is 0 Å². The molecular weight excluding hydrogens is 853 g/mol. The predicted octanol–water partition coefficient (Wildman–Crippen LogP) is 20.1. The van der Waals surface area contributed by atoms with E-state index in [1.807, 2.05) is 0 Å². The normalized spacial score (nSPS) is 14.8. The molecule has 0 radical (unpaired) electrons. The predicted molar refractivity (Wildman–Crippen MR) is 296 cm³/mol. The van der Waals surface area contributed by atoms with E-state index < -0.39 is 23.3 Å². The molecule has 6 nitrogen and oxygen atoms in total. The minimum Gasteiger partial charge on any atom is -0.465 e. The number of hydrogen-bond acceptors (Lipinski definition) is 6. The smallest absolute Gasteiger partial charge is 0.323 e. The minimum absolute atomic E-state index is 0.137. The summed E-state index contributed by atoms with van der Waals surface area (Å²) in [5.74, 6) is 0.772. The van der Waals surface area contributed by atoms with Crippen LogP contribution in [0.1, 0.15) is 337 Å². The molecule has 1 saturated carbocycles. The van der Waals surface area contributed by atoms with Crippen LogP contribution >= 0.6 is 0 Å². The molecule has 0 aliphatic heterocycles. The number of unbranched alkanes of at least 4 members (excludes halogenated alkanes) is 36. The lowest BCUT2D eigenvalue weighted by molar-refractivity contribution is -0.178. The second kappa shape index (κ2) is 47.4. The lowest BCUT2D eigenvalue weighted by Gasteiger charge is -2.36. The van der Waals surface area contributed by atoms with Crippen molar-refractivity contribution in [1.29, 1.82) is 0 Å². The molecule has 6 heteroatoms. The van der Waals surface area contributed by atoms with Crippen molar-refractivity contribution in [3.8, 4) is 0 Å². The molecule has 0 N–H and O–H groups in total. The second-order valence-corrected chi connectivity index (χ2v) is 23.7. The van der Waals surface area contributed by atoms with Gasteiger partial charge in [-0.05, 0) is 56.3 Å². The van der Waals surface area contributed by atoms with Crippen LogP contribution in [0.15, 0.2) is 0 Å². The maximum atomic E-state index is 13.9. The van der Waals surface area contributed by atoms with Gasteiger partial charge in [-0.3, -0.25) is 14.4 Å². The first-order valence-electron chi connectivity index (χ1n) is 31.1. The maximum Gasteiger partial charge on any atom is 0.323 e. The van der Waals surface area contributed by atoms with Crippen molar-refractivity contribution in [2.24, 2.45) is 29.1 Å². The summed E-state index contributed by atoms with van der Waals surface area (Å²) in [6.07, 6.45) is 55.4. The Bertz CT molecular complexity index is 1090. The van der Waals surface area contributed by atoms with Crippen LogP contribution in [0.2, 0.25) is 0 Å². The van der Waals surface area contributed by atoms with Crippen molar-refractivity contribution in [1.82, 2.24) is 0 Å². The summed E-state index contributed by atoms with van der Waals surface area (Å²) in [5, 5.41) is 0. The number of carbonyl (C=O) groups is 3. The average molecular weight is 974 g/mol. The van der Waals surface area contributed by atoms with Gasteiger partial charge in [-0.1, -0.05) is 298 Å². The summed E-state index contributed by atoms with van der Waals surface area (Å²) in [6.45, 7) is 15.0. The number of ether oxygens (including phenoxy) is 3. The largest absolute Gasteiger partial charge is 0.465 e. The molecule has 408 valence electrons. The molecule has 1 atom stereocenters. The van der Waals surface area contributed by atoms with E-state index in [0.29, 0.717) is 39.1 Å². The van der Waals surface area contributed by atoms with Crippen LogP contribution in [0.4, 0.5) is 0 Å². The summed E-state index contributed by atoms with van der Waals surface area (Å²) >= 11 is 0. The van der Waals surface area contributed by atoms with Gasteiger partial charge >= 0.3 is 17.9 Å².